The first-order valence-corrected chi connectivity index (χ1v) is 14.8. The van der Waals surface area contributed by atoms with Crippen molar-refractivity contribution in [1.82, 2.24) is 10.3 Å². The lowest BCUT2D eigenvalue weighted by atomic mass is 9.46. The van der Waals surface area contributed by atoms with Crippen molar-refractivity contribution < 1.29 is 38.4 Å². The van der Waals surface area contributed by atoms with Crippen LogP contribution in [0.4, 0.5) is 4.48 Å². The van der Waals surface area contributed by atoms with Gasteiger partial charge in [0.25, 0.3) is 5.91 Å². The molecule has 0 spiro atoms. The third kappa shape index (κ3) is 7.32. The van der Waals surface area contributed by atoms with E-state index in [1.54, 1.807) is 0 Å². The predicted octanol–water partition coefficient (Wildman–Crippen LogP) is 5.16. The molecular weight excluding hydrogens is 551 g/mol. The number of fused-ring (bicyclic) bond motifs is 1. The number of hydrogen-bond donors (Lipinski definition) is 5. The number of hydrogen-bond acceptors (Lipinski definition) is 6. The molecule has 0 aliphatic heterocycles. The molecule has 9 nitrogen and oxygen atoms in total. The number of carbonyl (C=O) groups excluding carboxylic acids is 2. The lowest BCUT2D eigenvalue weighted by Gasteiger charge is -2.58. The summed E-state index contributed by atoms with van der Waals surface area (Å²) in [5.41, 5.74) is 1.42. The summed E-state index contributed by atoms with van der Waals surface area (Å²) in [6.07, 6.45) is 5.76. The molecular formula is C30H39FN2O7S. The minimum Gasteiger partial charge on any atom is -0.508 e. The summed E-state index contributed by atoms with van der Waals surface area (Å²) in [5, 5.41) is 28.4. The van der Waals surface area contributed by atoms with Crippen LogP contribution in [0.15, 0.2) is 47.4 Å². The minimum atomic E-state index is -1.90. The predicted molar refractivity (Wildman–Crippen MR) is 152 cm³/mol. The van der Waals surface area contributed by atoms with Crippen LogP contribution in [-0.2, 0) is 15.8 Å². The second-order valence-electron chi connectivity index (χ2n) is 11.9. The summed E-state index contributed by atoms with van der Waals surface area (Å²) in [5.74, 6) is -1.40. The van der Waals surface area contributed by atoms with Gasteiger partial charge in [-0.1, -0.05) is 46.2 Å². The third-order valence-corrected chi connectivity index (χ3v) is 9.88. The van der Waals surface area contributed by atoms with Gasteiger partial charge in [0.15, 0.2) is 5.78 Å². The van der Waals surface area contributed by atoms with Crippen LogP contribution >= 0.6 is 0 Å². The number of amides is 1. The van der Waals surface area contributed by atoms with Crippen molar-refractivity contribution in [2.75, 3.05) is 6.54 Å². The molecule has 2 aromatic rings. The number of aromatic carboxylic acids is 1. The number of ketones is 1. The highest BCUT2D eigenvalue weighted by molar-refractivity contribution is 7.83. The van der Waals surface area contributed by atoms with Crippen molar-refractivity contribution in [1.29, 1.82) is 0 Å². The second-order valence-corrected chi connectivity index (χ2v) is 13.2. The van der Waals surface area contributed by atoms with E-state index in [-0.39, 0.29) is 44.5 Å². The van der Waals surface area contributed by atoms with E-state index < -0.39 is 29.4 Å². The molecule has 2 aliphatic carbocycles. The molecule has 0 saturated heterocycles. The Bertz CT molecular complexity index is 1300. The smallest absolute Gasteiger partial charge is 0.336 e. The number of nitrogens with one attached hydrogen (secondary N) is 2. The summed E-state index contributed by atoms with van der Waals surface area (Å²) in [4.78, 5) is 34.8. The number of phenols is 2. The maximum absolute atomic E-state index is 13.4. The van der Waals surface area contributed by atoms with Crippen molar-refractivity contribution in [3.63, 3.8) is 0 Å². The Kier molecular flexibility index (Phi) is 10.3. The molecule has 2 aliphatic rings. The molecule has 2 fully saturated rings. The van der Waals surface area contributed by atoms with Crippen LogP contribution in [-0.4, -0.2) is 43.7 Å². The fourth-order valence-electron chi connectivity index (χ4n) is 7.03. The van der Waals surface area contributed by atoms with Gasteiger partial charge in [-0.15, -0.1) is 4.48 Å². The second kappa shape index (κ2) is 13.1. The van der Waals surface area contributed by atoms with Gasteiger partial charge in [0.05, 0.1) is 17.0 Å². The molecule has 4 unspecified atom stereocenters. The zero-order valence-corrected chi connectivity index (χ0v) is 24.6. The first-order valence-electron chi connectivity index (χ1n) is 13.7. The fraction of sp³-hybridized carbons (Fsp3) is 0.500. The van der Waals surface area contributed by atoms with Gasteiger partial charge in [0, 0.05) is 17.5 Å². The number of benzene rings is 2. The molecule has 11 heteroatoms. The van der Waals surface area contributed by atoms with Gasteiger partial charge in [-0.25, -0.2) is 13.7 Å². The Labute approximate surface area is 242 Å². The van der Waals surface area contributed by atoms with E-state index in [2.05, 4.69) is 32.4 Å². The van der Waals surface area contributed by atoms with Crippen LogP contribution in [0.5, 0.6) is 11.5 Å². The average molecular weight is 591 g/mol. The first-order chi connectivity index (χ1) is 19.2. The van der Waals surface area contributed by atoms with Crippen molar-refractivity contribution in [3.8, 4) is 11.5 Å². The Morgan fingerprint density at radius 2 is 1.66 bits per heavy atom. The van der Waals surface area contributed by atoms with Gasteiger partial charge >= 0.3 is 5.97 Å². The van der Waals surface area contributed by atoms with Crippen LogP contribution in [0.1, 0.15) is 80.5 Å². The molecule has 2 aromatic carbocycles. The van der Waals surface area contributed by atoms with Gasteiger partial charge in [-0.3, -0.25) is 9.59 Å². The number of Topliss-reactive ketones (excluding diaryl/α,β-unsaturated/α-hetero) is 1. The van der Waals surface area contributed by atoms with Gasteiger partial charge in [-0.2, -0.15) is 5.54 Å². The van der Waals surface area contributed by atoms with E-state index in [1.165, 1.54) is 61.7 Å². The van der Waals surface area contributed by atoms with E-state index in [0.29, 0.717) is 17.4 Å². The van der Waals surface area contributed by atoms with Gasteiger partial charge in [-0.05, 0) is 72.6 Å². The number of carboxylic acids is 1. The quantitative estimate of drug-likeness (QED) is 0.221. The van der Waals surface area contributed by atoms with Crippen LogP contribution in [0.3, 0.4) is 0 Å². The summed E-state index contributed by atoms with van der Waals surface area (Å²) in [6.45, 7) is 8.68. The molecule has 224 valence electrons. The largest absolute Gasteiger partial charge is 0.508 e. The molecule has 0 aromatic heterocycles. The fourth-order valence-corrected chi connectivity index (χ4v) is 8.00. The molecule has 5 N–H and O–H groups in total. The van der Waals surface area contributed by atoms with Crippen molar-refractivity contribution in [2.45, 2.75) is 64.7 Å². The normalized spacial score (nSPS) is 25.5. The molecule has 2 saturated carbocycles. The number of phenolic OH excluding ortho intramolecular Hbond substituents is 2. The summed E-state index contributed by atoms with van der Waals surface area (Å²) in [7, 11) is -1.90. The van der Waals surface area contributed by atoms with Crippen molar-refractivity contribution in [2.24, 2.45) is 28.6 Å². The molecule has 5 atom stereocenters. The lowest BCUT2D eigenvalue weighted by Crippen LogP contribution is -2.53. The maximum Gasteiger partial charge on any atom is 0.336 e. The summed E-state index contributed by atoms with van der Waals surface area (Å²) in [6, 6.07) is 9.89. The highest BCUT2D eigenvalue weighted by atomic mass is 32.2. The number of rotatable bonds is 7. The molecule has 1 amide bonds. The zero-order chi connectivity index (χ0) is 30.5. The van der Waals surface area contributed by atoms with Crippen LogP contribution in [0.2, 0.25) is 0 Å². The average Bonchev–Trinajstić information content (AvgIpc) is 2.90. The molecule has 0 heterocycles. The minimum absolute atomic E-state index is 0.00240. The standard InChI is InChI=1S/C21H30O3.C9H9FN2O4S/c1-13-6-7-17-20(2,3)8-5-9-21(17,4)18(13)19(24)14-10-15(22)12-16(23)11-14;10-12-8(13)5-11-17(16)7-4-2-1-3-6(7)9(14)15/h10-13,17-18,22-23H,5-9H2,1-4H3;1-4,11H,5H2,(H,12,13)(H,14,15)/t13-,17?,18?,21?;/m1./s1. The topological polar surface area (TPSA) is 153 Å². The van der Waals surface area contributed by atoms with E-state index in [1.807, 2.05) is 0 Å². The molecule has 0 bridgehead atoms. The van der Waals surface area contributed by atoms with Gasteiger partial charge < -0.3 is 15.3 Å². The Morgan fingerprint density at radius 3 is 2.27 bits per heavy atom. The van der Waals surface area contributed by atoms with E-state index in [9.17, 15) is 33.3 Å². The Balaban J connectivity index is 0.000000241. The van der Waals surface area contributed by atoms with E-state index in [4.69, 9.17) is 5.11 Å². The zero-order valence-electron chi connectivity index (χ0n) is 23.8. The van der Waals surface area contributed by atoms with Gasteiger partial charge in [0.1, 0.15) is 22.5 Å². The first kappa shape index (κ1) is 32.2. The monoisotopic (exact) mass is 590 g/mol. The number of aromatic hydroxyl groups is 2. The van der Waals surface area contributed by atoms with E-state index in [0.717, 1.165) is 18.4 Å². The molecule has 4 rings (SSSR count). The number of carbonyl (C=O) groups is 3. The maximum atomic E-state index is 13.4. The Hall–Kier alpha value is -3.31. The number of halogens is 1. The van der Waals surface area contributed by atoms with Crippen molar-refractivity contribution >= 4 is 28.6 Å². The van der Waals surface area contributed by atoms with Crippen molar-refractivity contribution in [3.05, 3.63) is 53.6 Å². The Morgan fingerprint density at radius 1 is 1.02 bits per heavy atom. The molecule has 0 radical (unpaired) electrons. The highest BCUT2D eigenvalue weighted by Gasteiger charge is 2.55. The third-order valence-electron chi connectivity index (χ3n) is 8.72. The summed E-state index contributed by atoms with van der Waals surface area (Å²) < 4.78 is 25.4. The molecule has 41 heavy (non-hydrogen) atoms. The van der Waals surface area contributed by atoms with Gasteiger partial charge in [0.2, 0.25) is 0 Å². The van der Waals surface area contributed by atoms with E-state index >= 15 is 0 Å². The lowest BCUT2D eigenvalue weighted by molar-refractivity contribution is -0.124. The number of carboxylic acid groups (broad SMARTS) is 1. The van der Waals surface area contributed by atoms with Crippen LogP contribution in [0, 0.1) is 28.6 Å². The summed E-state index contributed by atoms with van der Waals surface area (Å²) >= 11 is 0. The van der Waals surface area contributed by atoms with Crippen LogP contribution < -0.4 is 10.3 Å². The SMILES string of the molecule is C[C@@H]1CCC2C(C)(C)CCCC2(C)C1C(=O)c1cc(O)cc(O)c1.O=C(CNS(=O)c1ccccc1C(=O)O)NF. The van der Waals surface area contributed by atoms with Crippen LogP contribution in [0.25, 0.3) is 0 Å². The highest BCUT2D eigenvalue weighted by Crippen LogP contribution is 2.61.